The maximum atomic E-state index is 3.56. The van der Waals surface area contributed by atoms with Crippen LogP contribution in [-0.2, 0) is 0 Å². The summed E-state index contributed by atoms with van der Waals surface area (Å²) in [6.45, 7) is 16.2. The molecule has 4 heteroatoms. The molecule has 0 aliphatic carbocycles. The van der Waals surface area contributed by atoms with Crippen molar-refractivity contribution in [3.8, 4) is 0 Å². The van der Waals surface area contributed by atoms with Gasteiger partial charge in [-0.15, -0.1) is 0 Å². The Labute approximate surface area is 113 Å². The Morgan fingerprint density at radius 2 is 1.61 bits per heavy atom. The molecular weight excluding hydrogens is 224 g/mol. The van der Waals surface area contributed by atoms with Crippen LogP contribution >= 0.6 is 0 Å². The SMILES string of the molecule is CCNC(C)(C)CN1CCN(CCN(C)C)CC1. The first kappa shape index (κ1) is 15.9. The van der Waals surface area contributed by atoms with Crippen LogP contribution in [0.3, 0.4) is 0 Å². The summed E-state index contributed by atoms with van der Waals surface area (Å²) in [6.07, 6.45) is 0. The zero-order valence-electron chi connectivity index (χ0n) is 13.0. The molecule has 4 nitrogen and oxygen atoms in total. The summed E-state index contributed by atoms with van der Waals surface area (Å²) in [6, 6.07) is 0. The molecule has 1 saturated heterocycles. The highest BCUT2D eigenvalue weighted by molar-refractivity contribution is 4.83. The molecule has 0 aromatic rings. The number of nitrogens with one attached hydrogen (secondary N) is 1. The molecule has 0 radical (unpaired) electrons. The summed E-state index contributed by atoms with van der Waals surface area (Å²) in [4.78, 5) is 7.44. The van der Waals surface area contributed by atoms with Crippen molar-refractivity contribution in [2.75, 3.05) is 66.5 Å². The molecule has 0 aromatic heterocycles. The van der Waals surface area contributed by atoms with E-state index >= 15 is 0 Å². The van der Waals surface area contributed by atoms with E-state index in [0.717, 1.165) is 13.1 Å². The molecule has 0 atom stereocenters. The molecule has 0 bridgehead atoms. The average molecular weight is 256 g/mol. The topological polar surface area (TPSA) is 21.8 Å². The predicted octanol–water partition coefficient (Wildman–Crippen LogP) is 0.554. The lowest BCUT2D eigenvalue weighted by Crippen LogP contribution is -2.55. The molecule has 0 saturated carbocycles. The highest BCUT2D eigenvalue weighted by Crippen LogP contribution is 2.09. The van der Waals surface area contributed by atoms with Gasteiger partial charge >= 0.3 is 0 Å². The molecule has 1 heterocycles. The van der Waals surface area contributed by atoms with Crippen molar-refractivity contribution in [3.05, 3.63) is 0 Å². The lowest BCUT2D eigenvalue weighted by molar-refractivity contribution is 0.104. The number of rotatable bonds is 7. The van der Waals surface area contributed by atoms with Crippen LogP contribution in [0, 0.1) is 0 Å². The molecule has 108 valence electrons. The smallest absolute Gasteiger partial charge is 0.0252 e. The van der Waals surface area contributed by atoms with Gasteiger partial charge in [-0.05, 0) is 34.5 Å². The van der Waals surface area contributed by atoms with Crippen LogP contribution in [0.2, 0.25) is 0 Å². The van der Waals surface area contributed by atoms with Crippen molar-refractivity contribution in [2.24, 2.45) is 0 Å². The first-order valence-corrected chi connectivity index (χ1v) is 7.27. The molecule has 0 spiro atoms. The fraction of sp³-hybridized carbons (Fsp3) is 1.00. The minimum Gasteiger partial charge on any atom is -0.311 e. The van der Waals surface area contributed by atoms with E-state index in [4.69, 9.17) is 0 Å². The molecule has 0 amide bonds. The fourth-order valence-electron chi connectivity index (χ4n) is 2.61. The van der Waals surface area contributed by atoms with Gasteiger partial charge in [0, 0.05) is 51.4 Å². The van der Waals surface area contributed by atoms with E-state index < -0.39 is 0 Å². The average Bonchev–Trinajstić information content (AvgIpc) is 2.27. The van der Waals surface area contributed by atoms with Gasteiger partial charge in [0.25, 0.3) is 0 Å². The molecule has 18 heavy (non-hydrogen) atoms. The standard InChI is InChI=1S/C14H32N4/c1-6-15-14(2,3)13-18-11-9-17(10-12-18)8-7-16(4)5/h15H,6-13H2,1-5H3. The van der Waals surface area contributed by atoms with Gasteiger partial charge < -0.3 is 10.2 Å². The van der Waals surface area contributed by atoms with Crippen LogP contribution in [0.15, 0.2) is 0 Å². The monoisotopic (exact) mass is 256 g/mol. The Hall–Kier alpha value is -0.160. The van der Waals surface area contributed by atoms with Crippen LogP contribution in [0.5, 0.6) is 0 Å². The minimum atomic E-state index is 0.237. The molecule has 0 aromatic carbocycles. The molecule has 1 rings (SSSR count). The quantitative estimate of drug-likeness (QED) is 0.718. The second kappa shape index (κ2) is 7.43. The van der Waals surface area contributed by atoms with Crippen LogP contribution in [-0.4, -0.2) is 86.7 Å². The summed E-state index contributed by atoms with van der Waals surface area (Å²) in [7, 11) is 4.30. The lowest BCUT2D eigenvalue weighted by atomic mass is 10.0. The second-order valence-corrected chi connectivity index (χ2v) is 6.34. The Morgan fingerprint density at radius 1 is 1.06 bits per heavy atom. The zero-order valence-corrected chi connectivity index (χ0v) is 13.0. The number of likely N-dealkylation sites (N-methyl/N-ethyl adjacent to an activating group) is 2. The van der Waals surface area contributed by atoms with E-state index in [1.807, 2.05) is 0 Å². The number of hydrogen-bond acceptors (Lipinski definition) is 4. The zero-order chi connectivity index (χ0) is 13.6. The third-order valence-electron chi connectivity index (χ3n) is 3.60. The van der Waals surface area contributed by atoms with Crippen molar-refractivity contribution in [1.29, 1.82) is 0 Å². The van der Waals surface area contributed by atoms with Crippen molar-refractivity contribution in [3.63, 3.8) is 0 Å². The normalized spacial score (nSPS) is 19.7. The number of hydrogen-bond donors (Lipinski definition) is 1. The number of nitrogens with zero attached hydrogens (tertiary/aromatic N) is 3. The number of piperazine rings is 1. The summed E-state index contributed by atoms with van der Waals surface area (Å²) < 4.78 is 0. The van der Waals surface area contributed by atoms with Crippen LogP contribution < -0.4 is 5.32 Å². The van der Waals surface area contributed by atoms with Crippen molar-refractivity contribution in [1.82, 2.24) is 20.0 Å². The maximum absolute atomic E-state index is 3.56. The predicted molar refractivity (Wildman–Crippen MR) is 79.2 cm³/mol. The summed E-state index contributed by atoms with van der Waals surface area (Å²) in [5.41, 5.74) is 0.237. The maximum Gasteiger partial charge on any atom is 0.0252 e. The summed E-state index contributed by atoms with van der Waals surface area (Å²) in [5.74, 6) is 0. The Morgan fingerprint density at radius 3 is 2.11 bits per heavy atom. The summed E-state index contributed by atoms with van der Waals surface area (Å²) in [5, 5.41) is 3.56. The van der Waals surface area contributed by atoms with Gasteiger partial charge in [0.15, 0.2) is 0 Å². The van der Waals surface area contributed by atoms with Gasteiger partial charge in [-0.1, -0.05) is 6.92 Å². The van der Waals surface area contributed by atoms with Gasteiger partial charge in [-0.2, -0.15) is 0 Å². The van der Waals surface area contributed by atoms with Gasteiger partial charge in [-0.3, -0.25) is 9.80 Å². The second-order valence-electron chi connectivity index (χ2n) is 6.34. The van der Waals surface area contributed by atoms with Crippen LogP contribution in [0.4, 0.5) is 0 Å². The molecule has 1 aliphatic heterocycles. The third-order valence-corrected chi connectivity index (χ3v) is 3.60. The first-order valence-electron chi connectivity index (χ1n) is 7.27. The third kappa shape index (κ3) is 6.14. The Kier molecular flexibility index (Phi) is 6.57. The molecule has 1 fully saturated rings. The van der Waals surface area contributed by atoms with Crippen LogP contribution in [0.1, 0.15) is 20.8 Å². The van der Waals surface area contributed by atoms with E-state index in [1.54, 1.807) is 0 Å². The molecule has 0 unspecified atom stereocenters. The largest absolute Gasteiger partial charge is 0.311 e. The van der Waals surface area contributed by atoms with Gasteiger partial charge in [0.05, 0.1) is 0 Å². The van der Waals surface area contributed by atoms with Crippen molar-refractivity contribution in [2.45, 2.75) is 26.3 Å². The van der Waals surface area contributed by atoms with Gasteiger partial charge in [0.1, 0.15) is 0 Å². The van der Waals surface area contributed by atoms with E-state index in [9.17, 15) is 0 Å². The van der Waals surface area contributed by atoms with Crippen molar-refractivity contribution < 1.29 is 0 Å². The Bertz CT molecular complexity index is 220. The van der Waals surface area contributed by atoms with E-state index in [2.05, 4.69) is 54.9 Å². The van der Waals surface area contributed by atoms with Gasteiger partial charge in [-0.25, -0.2) is 0 Å². The fourth-order valence-corrected chi connectivity index (χ4v) is 2.61. The molecular formula is C14H32N4. The van der Waals surface area contributed by atoms with Crippen LogP contribution in [0.25, 0.3) is 0 Å². The van der Waals surface area contributed by atoms with Crippen molar-refractivity contribution >= 4 is 0 Å². The molecule has 1 aliphatic rings. The Balaban J connectivity index is 2.22. The van der Waals surface area contributed by atoms with E-state index in [-0.39, 0.29) is 5.54 Å². The molecule has 1 N–H and O–H groups in total. The highest BCUT2D eigenvalue weighted by Gasteiger charge is 2.23. The van der Waals surface area contributed by atoms with Gasteiger partial charge in [0.2, 0.25) is 0 Å². The minimum absolute atomic E-state index is 0.237. The van der Waals surface area contributed by atoms with E-state index in [1.165, 1.54) is 39.3 Å². The summed E-state index contributed by atoms with van der Waals surface area (Å²) >= 11 is 0. The lowest BCUT2D eigenvalue weighted by Gasteiger charge is -2.39. The van der Waals surface area contributed by atoms with E-state index in [0.29, 0.717) is 0 Å². The highest BCUT2D eigenvalue weighted by atomic mass is 15.3. The first-order chi connectivity index (χ1) is 8.43.